The van der Waals surface area contributed by atoms with Crippen LogP contribution in [0, 0.1) is 11.8 Å². The molecule has 4 nitrogen and oxygen atoms in total. The van der Waals surface area contributed by atoms with Crippen LogP contribution in [0.25, 0.3) is 0 Å². The van der Waals surface area contributed by atoms with Gasteiger partial charge in [-0.1, -0.05) is 27.7 Å². The summed E-state index contributed by atoms with van der Waals surface area (Å²) in [7, 11) is 1.33. The largest absolute Gasteiger partial charge is 0.463 e. The summed E-state index contributed by atoms with van der Waals surface area (Å²) in [6.07, 6.45) is 0. The van der Waals surface area contributed by atoms with Crippen LogP contribution in [0.3, 0.4) is 0 Å². The molecule has 4 heteroatoms. The van der Waals surface area contributed by atoms with Crippen LogP contribution < -0.4 is 0 Å². The summed E-state index contributed by atoms with van der Waals surface area (Å²) in [5.74, 6) is -0.276. The van der Waals surface area contributed by atoms with Crippen LogP contribution in [0.15, 0.2) is 11.5 Å². The maximum atomic E-state index is 11.5. The smallest absolute Gasteiger partial charge is 0.377 e. The molecule has 0 spiro atoms. The molecule has 0 aromatic rings. The molecule has 0 amide bonds. The van der Waals surface area contributed by atoms with Gasteiger partial charge >= 0.3 is 5.97 Å². The summed E-state index contributed by atoms with van der Waals surface area (Å²) >= 11 is 0. The van der Waals surface area contributed by atoms with E-state index in [9.17, 15) is 4.79 Å². The molecule has 0 unspecified atom stereocenters. The van der Waals surface area contributed by atoms with Gasteiger partial charge in [-0.25, -0.2) is 4.79 Å². The minimum atomic E-state index is -0.756. The molecule has 0 aromatic heterocycles. The zero-order valence-corrected chi connectivity index (χ0v) is 10.8. The highest BCUT2D eigenvalue weighted by molar-refractivity contribution is 5.87. The molecule has 92 valence electrons. The molecule has 0 bridgehead atoms. The van der Waals surface area contributed by atoms with Crippen molar-refractivity contribution in [3.8, 4) is 0 Å². The second-order valence-corrected chi connectivity index (χ2v) is 4.61. The van der Waals surface area contributed by atoms with Crippen molar-refractivity contribution in [1.82, 2.24) is 0 Å². The van der Waals surface area contributed by atoms with E-state index in [0.29, 0.717) is 5.76 Å². The number of carbonyl (C=O) groups is 1. The van der Waals surface area contributed by atoms with Crippen molar-refractivity contribution >= 4 is 5.97 Å². The summed E-state index contributed by atoms with van der Waals surface area (Å²) in [6, 6.07) is 0. The van der Waals surface area contributed by atoms with E-state index in [1.807, 2.05) is 27.7 Å². The number of allylic oxidation sites excluding steroid dienone is 1. The van der Waals surface area contributed by atoms with Gasteiger partial charge < -0.3 is 14.2 Å². The molecular weight excluding hydrogens is 208 g/mol. The van der Waals surface area contributed by atoms with Gasteiger partial charge in [-0.15, -0.1) is 0 Å². The van der Waals surface area contributed by atoms with Gasteiger partial charge in [0.2, 0.25) is 5.76 Å². The number of ether oxygens (including phenoxy) is 3. The average molecular weight is 228 g/mol. The third kappa shape index (κ3) is 1.88. The van der Waals surface area contributed by atoms with Gasteiger partial charge in [0, 0.05) is 11.8 Å². The average Bonchev–Trinajstić information content (AvgIpc) is 2.56. The van der Waals surface area contributed by atoms with Crippen LogP contribution in [0.4, 0.5) is 0 Å². The normalized spacial score (nSPS) is 18.8. The van der Waals surface area contributed by atoms with Crippen molar-refractivity contribution in [2.75, 3.05) is 7.11 Å². The predicted molar refractivity (Wildman–Crippen MR) is 59.3 cm³/mol. The van der Waals surface area contributed by atoms with Crippen LogP contribution in [0.2, 0.25) is 0 Å². The van der Waals surface area contributed by atoms with Gasteiger partial charge in [-0.2, -0.15) is 0 Å². The molecule has 0 aliphatic carbocycles. The lowest BCUT2D eigenvalue weighted by atomic mass is 9.91. The third-order valence-corrected chi connectivity index (χ3v) is 2.87. The monoisotopic (exact) mass is 228 g/mol. The lowest BCUT2D eigenvalue weighted by molar-refractivity contribution is -0.216. The predicted octanol–water partition coefficient (Wildman–Crippen LogP) is 2.45. The zero-order valence-electron chi connectivity index (χ0n) is 10.8. The van der Waals surface area contributed by atoms with E-state index in [4.69, 9.17) is 9.47 Å². The first-order valence-corrected chi connectivity index (χ1v) is 5.52. The maximum absolute atomic E-state index is 11.5. The van der Waals surface area contributed by atoms with Crippen LogP contribution in [0.1, 0.15) is 34.6 Å². The van der Waals surface area contributed by atoms with E-state index in [2.05, 4.69) is 4.74 Å². The van der Waals surface area contributed by atoms with E-state index in [1.54, 1.807) is 6.92 Å². The Bertz CT molecular complexity index is 307. The Morgan fingerprint density at radius 1 is 1.19 bits per heavy atom. The molecule has 0 radical (unpaired) electrons. The van der Waals surface area contributed by atoms with Crippen LogP contribution in [0.5, 0.6) is 0 Å². The number of esters is 1. The van der Waals surface area contributed by atoms with Crippen molar-refractivity contribution in [1.29, 1.82) is 0 Å². The van der Waals surface area contributed by atoms with Gasteiger partial charge in [-0.3, -0.25) is 0 Å². The number of hydrogen-bond donors (Lipinski definition) is 0. The zero-order chi connectivity index (χ0) is 12.5. The number of carbonyl (C=O) groups excluding carboxylic acids is 1. The summed E-state index contributed by atoms with van der Waals surface area (Å²) in [4.78, 5) is 11.5. The maximum Gasteiger partial charge on any atom is 0.377 e. The van der Waals surface area contributed by atoms with Crippen molar-refractivity contribution in [3.05, 3.63) is 11.5 Å². The van der Waals surface area contributed by atoms with Crippen LogP contribution in [-0.4, -0.2) is 18.9 Å². The Labute approximate surface area is 96.6 Å². The fraction of sp³-hybridized carbons (Fsp3) is 0.750. The van der Waals surface area contributed by atoms with Gasteiger partial charge in [0.15, 0.2) is 0 Å². The summed E-state index contributed by atoms with van der Waals surface area (Å²) < 4.78 is 16.1. The van der Waals surface area contributed by atoms with Crippen LogP contribution >= 0.6 is 0 Å². The number of methoxy groups -OCH3 is 1. The Morgan fingerprint density at radius 3 is 2.00 bits per heavy atom. The SMILES string of the molecule is COC(=O)C1=C(C)OC(C(C)C)(C(C)C)O1. The van der Waals surface area contributed by atoms with Gasteiger partial charge in [0.1, 0.15) is 5.76 Å². The van der Waals surface area contributed by atoms with E-state index in [1.165, 1.54) is 7.11 Å². The Hall–Kier alpha value is -1.19. The van der Waals surface area contributed by atoms with Crippen molar-refractivity contribution in [2.24, 2.45) is 11.8 Å². The molecule has 0 aromatic carbocycles. The minimum Gasteiger partial charge on any atom is -0.463 e. The molecule has 1 aliphatic heterocycles. The summed E-state index contributed by atoms with van der Waals surface area (Å²) in [6.45, 7) is 9.75. The number of rotatable bonds is 3. The van der Waals surface area contributed by atoms with E-state index in [0.717, 1.165) is 0 Å². The van der Waals surface area contributed by atoms with Crippen molar-refractivity contribution in [3.63, 3.8) is 0 Å². The standard InChI is InChI=1S/C12H20O4/c1-7(2)12(8(3)4)15-9(5)10(16-12)11(13)14-6/h7-8H,1-6H3. The van der Waals surface area contributed by atoms with Crippen LogP contribution in [-0.2, 0) is 19.0 Å². The van der Waals surface area contributed by atoms with Gasteiger partial charge in [0.05, 0.1) is 7.11 Å². The molecule has 1 heterocycles. The third-order valence-electron chi connectivity index (χ3n) is 2.87. The van der Waals surface area contributed by atoms with E-state index >= 15 is 0 Å². The minimum absolute atomic E-state index is 0.143. The summed E-state index contributed by atoms with van der Waals surface area (Å²) in [5.41, 5.74) is 0. The lowest BCUT2D eigenvalue weighted by Gasteiger charge is -2.35. The molecule has 0 N–H and O–H groups in total. The highest BCUT2D eigenvalue weighted by atomic mass is 16.7. The highest BCUT2D eigenvalue weighted by Crippen LogP contribution is 2.41. The Morgan fingerprint density at radius 2 is 1.69 bits per heavy atom. The molecule has 1 rings (SSSR count). The van der Waals surface area contributed by atoms with Gasteiger partial charge in [0.25, 0.3) is 5.79 Å². The molecule has 1 aliphatic rings. The Kier molecular flexibility index (Phi) is 3.51. The molecular formula is C12H20O4. The molecule has 0 atom stereocenters. The quantitative estimate of drug-likeness (QED) is 0.696. The molecule has 0 fully saturated rings. The first-order valence-electron chi connectivity index (χ1n) is 5.52. The second kappa shape index (κ2) is 4.36. The lowest BCUT2D eigenvalue weighted by Crippen LogP contribution is -2.42. The first kappa shape index (κ1) is 12.9. The fourth-order valence-electron chi connectivity index (χ4n) is 1.95. The molecule has 16 heavy (non-hydrogen) atoms. The molecule has 0 saturated heterocycles. The van der Waals surface area contributed by atoms with E-state index < -0.39 is 11.8 Å². The van der Waals surface area contributed by atoms with Gasteiger partial charge in [-0.05, 0) is 6.92 Å². The fourth-order valence-corrected chi connectivity index (χ4v) is 1.95. The highest BCUT2D eigenvalue weighted by Gasteiger charge is 2.49. The second-order valence-electron chi connectivity index (χ2n) is 4.61. The van der Waals surface area contributed by atoms with Crippen molar-refractivity contribution in [2.45, 2.75) is 40.4 Å². The summed E-state index contributed by atoms with van der Waals surface area (Å²) in [5, 5.41) is 0. The van der Waals surface area contributed by atoms with E-state index in [-0.39, 0.29) is 17.6 Å². The topological polar surface area (TPSA) is 44.8 Å². The molecule has 0 saturated carbocycles. The first-order chi connectivity index (χ1) is 7.35. The van der Waals surface area contributed by atoms with Crippen molar-refractivity contribution < 1.29 is 19.0 Å². The Balaban J connectivity index is 2.99. The number of hydrogen-bond acceptors (Lipinski definition) is 4.